The van der Waals surface area contributed by atoms with Gasteiger partial charge >= 0.3 is 6.18 Å². The van der Waals surface area contributed by atoms with Crippen molar-refractivity contribution in [1.29, 1.82) is 0 Å². The van der Waals surface area contributed by atoms with E-state index in [2.05, 4.69) is 0 Å². The summed E-state index contributed by atoms with van der Waals surface area (Å²) < 4.78 is 37.6. The Kier molecular flexibility index (Phi) is 3.52. The normalized spacial score (nSPS) is 15.5. The Morgan fingerprint density at radius 1 is 1.05 bits per heavy atom. The average molecular weight is 269 g/mol. The number of aliphatic hydroxyl groups excluding tert-OH is 1. The third-order valence-electron chi connectivity index (χ3n) is 3.21. The summed E-state index contributed by atoms with van der Waals surface area (Å²) in [6.07, 6.45) is -7.30. The summed E-state index contributed by atoms with van der Waals surface area (Å²) in [5.74, 6) is 0. The van der Waals surface area contributed by atoms with Crippen molar-refractivity contribution in [1.82, 2.24) is 0 Å². The molecule has 2 aromatic carbocycles. The number of nitrogens with two attached hydrogens (primary N) is 1. The van der Waals surface area contributed by atoms with E-state index in [1.165, 1.54) is 6.07 Å². The van der Waals surface area contributed by atoms with Crippen LogP contribution in [0.5, 0.6) is 0 Å². The molecule has 0 saturated carbocycles. The molecule has 0 aromatic heterocycles. The highest BCUT2D eigenvalue weighted by molar-refractivity contribution is 5.89. The molecule has 0 saturated heterocycles. The number of halogens is 3. The number of hydrogen-bond acceptors (Lipinski definition) is 2. The molecule has 0 fully saturated rings. The Bertz CT molecular complexity index is 595. The predicted molar refractivity (Wildman–Crippen MR) is 67.7 cm³/mol. The molecule has 0 radical (unpaired) electrons. The van der Waals surface area contributed by atoms with Crippen molar-refractivity contribution in [2.75, 3.05) is 0 Å². The van der Waals surface area contributed by atoms with E-state index < -0.39 is 18.3 Å². The highest BCUT2D eigenvalue weighted by atomic mass is 19.4. The van der Waals surface area contributed by atoms with Gasteiger partial charge in [0.15, 0.2) is 6.10 Å². The lowest BCUT2D eigenvalue weighted by Gasteiger charge is -2.23. The molecule has 0 aliphatic rings. The second-order valence-electron chi connectivity index (χ2n) is 4.53. The fourth-order valence-electron chi connectivity index (χ4n) is 2.14. The number of rotatable bonds is 2. The SMILES string of the molecule is Cc1ccc([C@@H](N)[C@@H](O)C(F)(F)F)c2ccccc12. The summed E-state index contributed by atoms with van der Waals surface area (Å²) in [6.45, 7) is 1.87. The Balaban J connectivity index is 2.55. The largest absolute Gasteiger partial charge is 0.416 e. The van der Waals surface area contributed by atoms with Crippen molar-refractivity contribution in [2.24, 2.45) is 5.73 Å². The number of benzene rings is 2. The van der Waals surface area contributed by atoms with Gasteiger partial charge in [-0.15, -0.1) is 0 Å². The van der Waals surface area contributed by atoms with Crippen molar-refractivity contribution >= 4 is 10.8 Å². The van der Waals surface area contributed by atoms with Crippen LogP contribution in [0.2, 0.25) is 0 Å². The first-order chi connectivity index (χ1) is 8.82. The van der Waals surface area contributed by atoms with Crippen LogP contribution >= 0.6 is 0 Å². The van der Waals surface area contributed by atoms with Crippen LogP contribution in [0.1, 0.15) is 17.2 Å². The van der Waals surface area contributed by atoms with Crippen LogP contribution < -0.4 is 5.73 Å². The second kappa shape index (κ2) is 4.83. The first kappa shape index (κ1) is 13.8. The summed E-state index contributed by atoms with van der Waals surface area (Å²) in [5, 5.41) is 10.8. The molecule has 2 atom stereocenters. The van der Waals surface area contributed by atoms with Gasteiger partial charge in [0.25, 0.3) is 0 Å². The van der Waals surface area contributed by atoms with Gasteiger partial charge in [0.05, 0.1) is 6.04 Å². The molecule has 0 bridgehead atoms. The summed E-state index contributed by atoms with van der Waals surface area (Å²) in [7, 11) is 0. The molecular weight excluding hydrogens is 255 g/mol. The van der Waals surface area contributed by atoms with Gasteiger partial charge < -0.3 is 10.8 Å². The third kappa shape index (κ3) is 2.57. The lowest BCUT2D eigenvalue weighted by atomic mass is 9.93. The van der Waals surface area contributed by atoms with Crippen molar-refractivity contribution in [3.63, 3.8) is 0 Å². The monoisotopic (exact) mass is 269 g/mol. The topological polar surface area (TPSA) is 46.2 Å². The Hall–Kier alpha value is -1.59. The van der Waals surface area contributed by atoms with E-state index in [0.717, 1.165) is 10.9 Å². The van der Waals surface area contributed by atoms with Crippen molar-refractivity contribution in [3.8, 4) is 0 Å². The smallest absolute Gasteiger partial charge is 0.382 e. The standard InChI is InChI=1S/C14H14F3NO/c1-8-6-7-11(10-5-3-2-4-9(8)10)12(18)13(19)14(15,16)17/h2-7,12-13,19H,18H2,1H3/t12-,13-/m1/s1. The van der Waals surface area contributed by atoms with E-state index in [0.29, 0.717) is 10.9 Å². The average Bonchev–Trinajstić information content (AvgIpc) is 2.37. The van der Waals surface area contributed by atoms with Crippen LogP contribution in [0, 0.1) is 6.92 Å². The highest BCUT2D eigenvalue weighted by Crippen LogP contribution is 2.33. The number of aryl methyl sites for hydroxylation is 1. The molecule has 0 aliphatic carbocycles. The summed E-state index contributed by atoms with van der Waals surface area (Å²) in [6, 6.07) is 8.83. The zero-order valence-electron chi connectivity index (χ0n) is 10.3. The van der Waals surface area contributed by atoms with Crippen LogP contribution in [0.3, 0.4) is 0 Å². The lowest BCUT2D eigenvalue weighted by molar-refractivity contribution is -0.210. The fourth-order valence-corrected chi connectivity index (χ4v) is 2.14. The van der Waals surface area contributed by atoms with Gasteiger partial charge in [-0.1, -0.05) is 36.4 Å². The Labute approximate surface area is 108 Å². The van der Waals surface area contributed by atoms with E-state index in [4.69, 9.17) is 5.73 Å². The summed E-state index contributed by atoms with van der Waals surface area (Å²) in [5.41, 5.74) is 6.82. The molecule has 0 spiro atoms. The molecule has 19 heavy (non-hydrogen) atoms. The molecule has 5 heteroatoms. The van der Waals surface area contributed by atoms with E-state index >= 15 is 0 Å². The quantitative estimate of drug-likeness (QED) is 0.880. The van der Waals surface area contributed by atoms with E-state index in [1.807, 2.05) is 19.1 Å². The van der Waals surface area contributed by atoms with Crippen molar-refractivity contribution < 1.29 is 18.3 Å². The molecule has 3 N–H and O–H groups in total. The minimum absolute atomic E-state index is 0.297. The highest BCUT2D eigenvalue weighted by Gasteiger charge is 2.43. The second-order valence-corrected chi connectivity index (χ2v) is 4.53. The molecule has 0 amide bonds. The zero-order chi connectivity index (χ0) is 14.2. The van der Waals surface area contributed by atoms with Crippen LogP contribution in [-0.2, 0) is 0 Å². The maximum Gasteiger partial charge on any atom is 0.416 e. The molecule has 0 aliphatic heterocycles. The number of aliphatic hydroxyl groups is 1. The summed E-state index contributed by atoms with van der Waals surface area (Å²) >= 11 is 0. The predicted octanol–water partition coefficient (Wildman–Crippen LogP) is 3.07. The zero-order valence-corrected chi connectivity index (χ0v) is 10.3. The molecule has 0 heterocycles. The Morgan fingerprint density at radius 2 is 1.63 bits per heavy atom. The minimum Gasteiger partial charge on any atom is -0.382 e. The van der Waals surface area contributed by atoms with Gasteiger partial charge in [0.1, 0.15) is 0 Å². The van der Waals surface area contributed by atoms with Crippen LogP contribution in [-0.4, -0.2) is 17.4 Å². The summed E-state index contributed by atoms with van der Waals surface area (Å²) in [4.78, 5) is 0. The fraction of sp³-hybridized carbons (Fsp3) is 0.286. The van der Waals surface area contributed by atoms with Gasteiger partial charge in [-0.05, 0) is 28.8 Å². The molecule has 0 unspecified atom stereocenters. The van der Waals surface area contributed by atoms with Crippen LogP contribution in [0.15, 0.2) is 36.4 Å². The van der Waals surface area contributed by atoms with Gasteiger partial charge in [-0.3, -0.25) is 0 Å². The minimum atomic E-state index is -4.73. The van der Waals surface area contributed by atoms with E-state index in [1.54, 1.807) is 18.2 Å². The molecule has 102 valence electrons. The number of fused-ring (bicyclic) bond motifs is 1. The van der Waals surface area contributed by atoms with Gasteiger partial charge in [0.2, 0.25) is 0 Å². The van der Waals surface area contributed by atoms with E-state index in [9.17, 15) is 18.3 Å². The van der Waals surface area contributed by atoms with E-state index in [-0.39, 0.29) is 0 Å². The Morgan fingerprint density at radius 3 is 2.21 bits per heavy atom. The van der Waals surface area contributed by atoms with Crippen LogP contribution in [0.4, 0.5) is 13.2 Å². The number of alkyl halides is 3. The lowest BCUT2D eigenvalue weighted by Crippen LogP contribution is -2.38. The van der Waals surface area contributed by atoms with Crippen molar-refractivity contribution in [2.45, 2.75) is 25.2 Å². The number of hydrogen-bond donors (Lipinski definition) is 2. The first-order valence-electron chi connectivity index (χ1n) is 5.81. The van der Waals surface area contributed by atoms with Crippen LogP contribution in [0.25, 0.3) is 10.8 Å². The molecular formula is C14H14F3NO. The third-order valence-corrected chi connectivity index (χ3v) is 3.21. The van der Waals surface area contributed by atoms with Gasteiger partial charge in [-0.2, -0.15) is 13.2 Å². The van der Waals surface area contributed by atoms with Crippen molar-refractivity contribution in [3.05, 3.63) is 47.5 Å². The maximum atomic E-state index is 12.5. The van der Waals surface area contributed by atoms with Gasteiger partial charge in [0, 0.05) is 0 Å². The molecule has 2 rings (SSSR count). The first-order valence-corrected chi connectivity index (χ1v) is 5.81. The molecule has 2 aromatic rings. The molecule has 2 nitrogen and oxygen atoms in total. The van der Waals surface area contributed by atoms with Gasteiger partial charge in [-0.25, -0.2) is 0 Å². The maximum absolute atomic E-state index is 12.5.